The van der Waals surface area contributed by atoms with Gasteiger partial charge in [-0.1, -0.05) is 19.9 Å². The second-order valence-electron chi connectivity index (χ2n) is 7.97. The maximum Gasteiger partial charge on any atom is 0.243 e. The molecule has 1 heterocycles. The Labute approximate surface area is 176 Å². The Bertz CT molecular complexity index is 798. The third kappa shape index (κ3) is 5.57. The van der Waals surface area contributed by atoms with Crippen molar-refractivity contribution >= 4 is 21.6 Å². The van der Waals surface area contributed by atoms with Crippen LogP contribution in [0.1, 0.15) is 39.2 Å². The van der Waals surface area contributed by atoms with Crippen LogP contribution in [0.5, 0.6) is 0 Å². The zero-order valence-electron chi connectivity index (χ0n) is 18.6. The number of likely N-dealkylation sites (tertiary alicyclic amines) is 1. The van der Waals surface area contributed by atoms with E-state index in [0.29, 0.717) is 30.4 Å². The van der Waals surface area contributed by atoms with Gasteiger partial charge in [-0.25, -0.2) is 8.42 Å². The second-order valence-corrected chi connectivity index (χ2v) is 9.87. The zero-order valence-corrected chi connectivity index (χ0v) is 19.4. The van der Waals surface area contributed by atoms with E-state index >= 15 is 0 Å². The SMILES string of the molecule is CCN(CC)S(=O)(=O)c1cc(NC(=O)C(C)N2CCC(N(C)C)CC2)ccc1C. The minimum absolute atomic E-state index is 0.108. The summed E-state index contributed by atoms with van der Waals surface area (Å²) < 4.78 is 27.3. The summed E-state index contributed by atoms with van der Waals surface area (Å²) in [6.45, 7) is 9.92. The largest absolute Gasteiger partial charge is 0.325 e. The highest BCUT2D eigenvalue weighted by Crippen LogP contribution is 2.24. The molecule has 0 spiro atoms. The summed E-state index contributed by atoms with van der Waals surface area (Å²) >= 11 is 0. The smallest absolute Gasteiger partial charge is 0.243 e. The summed E-state index contributed by atoms with van der Waals surface area (Å²) in [6, 6.07) is 5.39. The molecule has 164 valence electrons. The zero-order chi connectivity index (χ0) is 21.8. The number of anilines is 1. The number of carbonyl (C=O) groups excluding carboxylic acids is 1. The number of hydrogen-bond donors (Lipinski definition) is 1. The van der Waals surface area contributed by atoms with Crippen LogP contribution in [0.25, 0.3) is 0 Å². The molecule has 2 rings (SSSR count). The Kier molecular flexibility index (Phi) is 8.22. The van der Waals surface area contributed by atoms with E-state index in [1.165, 1.54) is 4.31 Å². The fourth-order valence-electron chi connectivity index (χ4n) is 3.86. The highest BCUT2D eigenvalue weighted by Gasteiger charge is 2.28. The number of sulfonamides is 1. The monoisotopic (exact) mass is 424 g/mol. The lowest BCUT2D eigenvalue weighted by Crippen LogP contribution is -2.49. The van der Waals surface area contributed by atoms with Crippen LogP contribution in [0.15, 0.2) is 23.1 Å². The predicted octanol–water partition coefficient (Wildman–Crippen LogP) is 2.38. The maximum atomic E-state index is 12.9. The van der Waals surface area contributed by atoms with Gasteiger partial charge in [0, 0.05) is 37.9 Å². The molecule has 1 unspecified atom stereocenters. The first-order chi connectivity index (χ1) is 13.6. The van der Waals surface area contributed by atoms with Gasteiger partial charge >= 0.3 is 0 Å². The van der Waals surface area contributed by atoms with E-state index < -0.39 is 10.0 Å². The summed E-state index contributed by atoms with van der Waals surface area (Å²) in [4.78, 5) is 17.5. The fourth-order valence-corrected chi connectivity index (χ4v) is 5.57. The lowest BCUT2D eigenvalue weighted by molar-refractivity contribution is -0.121. The number of nitrogens with one attached hydrogen (secondary N) is 1. The van der Waals surface area contributed by atoms with Crippen LogP contribution >= 0.6 is 0 Å². The third-order valence-electron chi connectivity index (χ3n) is 5.94. The molecular weight excluding hydrogens is 388 g/mol. The Hall–Kier alpha value is -1.48. The molecule has 0 aromatic heterocycles. The van der Waals surface area contributed by atoms with Crippen molar-refractivity contribution in [3.05, 3.63) is 23.8 Å². The van der Waals surface area contributed by atoms with E-state index in [0.717, 1.165) is 25.9 Å². The molecule has 1 atom stereocenters. The van der Waals surface area contributed by atoms with E-state index in [4.69, 9.17) is 0 Å². The first kappa shape index (κ1) is 23.8. The van der Waals surface area contributed by atoms with Gasteiger partial charge in [0.25, 0.3) is 0 Å². The van der Waals surface area contributed by atoms with Gasteiger partial charge in [-0.05, 0) is 58.5 Å². The van der Waals surface area contributed by atoms with Crippen molar-refractivity contribution in [2.24, 2.45) is 0 Å². The molecule has 29 heavy (non-hydrogen) atoms. The molecule has 1 N–H and O–H groups in total. The second kappa shape index (κ2) is 10.0. The molecule has 1 fully saturated rings. The van der Waals surface area contributed by atoms with Crippen molar-refractivity contribution in [1.29, 1.82) is 0 Å². The van der Waals surface area contributed by atoms with Gasteiger partial charge in [-0.2, -0.15) is 4.31 Å². The van der Waals surface area contributed by atoms with Gasteiger partial charge in [0.2, 0.25) is 15.9 Å². The molecule has 7 nitrogen and oxygen atoms in total. The van der Waals surface area contributed by atoms with Crippen LogP contribution in [-0.4, -0.2) is 80.8 Å². The Morgan fingerprint density at radius 3 is 2.31 bits per heavy atom. The summed E-state index contributed by atoms with van der Waals surface area (Å²) in [5.41, 5.74) is 1.19. The Balaban J connectivity index is 2.11. The van der Waals surface area contributed by atoms with Crippen LogP contribution in [0.3, 0.4) is 0 Å². The van der Waals surface area contributed by atoms with Crippen LogP contribution < -0.4 is 5.32 Å². The molecule has 0 radical (unpaired) electrons. The minimum Gasteiger partial charge on any atom is -0.325 e. The molecule has 0 aliphatic carbocycles. The molecule has 1 saturated heterocycles. The standard InChI is InChI=1S/C21H36N4O3S/c1-7-25(8-2)29(27,28)20-15-18(10-9-16(20)3)22-21(26)17(4)24-13-11-19(12-14-24)23(5)6/h9-10,15,17,19H,7-8,11-14H2,1-6H3,(H,22,26). The van der Waals surface area contributed by atoms with Crippen molar-refractivity contribution < 1.29 is 13.2 Å². The molecule has 0 saturated carbocycles. The fraction of sp³-hybridized carbons (Fsp3) is 0.667. The summed E-state index contributed by atoms with van der Waals surface area (Å²) in [5, 5.41) is 2.91. The van der Waals surface area contributed by atoms with Gasteiger partial charge in [0.15, 0.2) is 0 Å². The van der Waals surface area contributed by atoms with E-state index in [-0.39, 0.29) is 16.8 Å². The van der Waals surface area contributed by atoms with Gasteiger partial charge in [-0.15, -0.1) is 0 Å². The average molecular weight is 425 g/mol. The molecule has 1 amide bonds. The van der Waals surface area contributed by atoms with Crippen molar-refractivity contribution in [2.45, 2.75) is 57.5 Å². The van der Waals surface area contributed by atoms with Crippen LogP contribution in [0.2, 0.25) is 0 Å². The quantitative estimate of drug-likeness (QED) is 0.694. The molecule has 1 aromatic rings. The molecule has 0 bridgehead atoms. The Morgan fingerprint density at radius 2 is 1.79 bits per heavy atom. The van der Waals surface area contributed by atoms with Crippen LogP contribution in [0.4, 0.5) is 5.69 Å². The highest BCUT2D eigenvalue weighted by molar-refractivity contribution is 7.89. The van der Waals surface area contributed by atoms with Gasteiger partial charge in [0.05, 0.1) is 10.9 Å². The van der Waals surface area contributed by atoms with Crippen molar-refractivity contribution in [2.75, 3.05) is 45.6 Å². The molecular formula is C21H36N4O3S. The van der Waals surface area contributed by atoms with Gasteiger partial charge in [-0.3, -0.25) is 9.69 Å². The number of benzene rings is 1. The molecule has 8 heteroatoms. The van der Waals surface area contributed by atoms with E-state index in [2.05, 4.69) is 29.2 Å². The van der Waals surface area contributed by atoms with Crippen molar-refractivity contribution in [1.82, 2.24) is 14.1 Å². The molecule has 1 aliphatic rings. The van der Waals surface area contributed by atoms with Crippen LogP contribution in [0, 0.1) is 6.92 Å². The Morgan fingerprint density at radius 1 is 1.21 bits per heavy atom. The average Bonchev–Trinajstić information content (AvgIpc) is 2.69. The first-order valence-corrected chi connectivity index (χ1v) is 11.9. The normalized spacial score (nSPS) is 17.7. The number of nitrogens with zero attached hydrogens (tertiary/aromatic N) is 3. The predicted molar refractivity (Wildman–Crippen MR) is 118 cm³/mol. The summed E-state index contributed by atoms with van der Waals surface area (Å²) in [7, 11) is 0.612. The number of carbonyl (C=O) groups is 1. The minimum atomic E-state index is -3.58. The molecule has 1 aliphatic heterocycles. The number of piperidine rings is 1. The van der Waals surface area contributed by atoms with Gasteiger partial charge < -0.3 is 10.2 Å². The van der Waals surface area contributed by atoms with E-state index in [9.17, 15) is 13.2 Å². The number of amides is 1. The van der Waals surface area contributed by atoms with Crippen molar-refractivity contribution in [3.8, 4) is 0 Å². The lowest BCUT2D eigenvalue weighted by atomic mass is 10.0. The van der Waals surface area contributed by atoms with Gasteiger partial charge in [0.1, 0.15) is 0 Å². The van der Waals surface area contributed by atoms with Crippen molar-refractivity contribution in [3.63, 3.8) is 0 Å². The number of hydrogen-bond acceptors (Lipinski definition) is 5. The summed E-state index contributed by atoms with van der Waals surface area (Å²) in [5.74, 6) is -0.108. The van der Waals surface area contributed by atoms with E-state index in [1.54, 1.807) is 25.1 Å². The lowest BCUT2D eigenvalue weighted by Gasteiger charge is -2.37. The molecule has 1 aromatic carbocycles. The number of rotatable bonds is 8. The number of aryl methyl sites for hydroxylation is 1. The van der Waals surface area contributed by atoms with E-state index in [1.807, 2.05) is 20.8 Å². The topological polar surface area (TPSA) is 73.0 Å². The highest BCUT2D eigenvalue weighted by atomic mass is 32.2. The summed E-state index contributed by atoms with van der Waals surface area (Å²) in [6.07, 6.45) is 2.09. The van der Waals surface area contributed by atoms with Crippen LogP contribution in [-0.2, 0) is 14.8 Å². The third-order valence-corrected chi connectivity index (χ3v) is 8.13. The first-order valence-electron chi connectivity index (χ1n) is 10.4. The maximum absolute atomic E-state index is 12.9.